The molecule has 2 N–H and O–H groups in total. The molecule has 0 amide bonds. The van der Waals surface area contributed by atoms with Crippen LogP contribution in [-0.2, 0) is 15.4 Å². The number of hydrogen-bond donors (Lipinski definition) is 2. The molecular weight excluding hydrogens is 330 g/mol. The maximum absolute atomic E-state index is 12.2. The molecular formula is C13H20BrNO3S. The highest BCUT2D eigenvalue weighted by molar-refractivity contribution is 9.08. The zero-order chi connectivity index (χ0) is 14.6. The SMILES string of the molecule is CC(C)C(NS(=O)(=O)c1ccc(CBr)cc1)C(C)O. The largest absolute Gasteiger partial charge is 0.392 e. The van der Waals surface area contributed by atoms with Gasteiger partial charge in [-0.2, -0.15) is 0 Å². The molecule has 1 rings (SSSR count). The Bertz CT molecular complexity index is 489. The standard InChI is InChI=1S/C13H20BrNO3S/c1-9(2)13(10(3)16)15-19(17,18)12-6-4-11(8-14)5-7-12/h4-7,9-10,13,15-16H,8H2,1-3H3. The molecule has 0 fully saturated rings. The molecule has 2 unspecified atom stereocenters. The third-order valence-corrected chi connectivity index (χ3v) is 5.04. The van der Waals surface area contributed by atoms with Crippen LogP contribution in [0.15, 0.2) is 29.2 Å². The summed E-state index contributed by atoms with van der Waals surface area (Å²) in [4.78, 5) is 0.212. The molecule has 0 aromatic heterocycles. The van der Waals surface area contributed by atoms with E-state index in [2.05, 4.69) is 20.7 Å². The topological polar surface area (TPSA) is 66.4 Å². The summed E-state index contributed by atoms with van der Waals surface area (Å²) in [5.41, 5.74) is 1.01. The summed E-state index contributed by atoms with van der Waals surface area (Å²) in [7, 11) is -3.60. The Morgan fingerprint density at radius 1 is 1.21 bits per heavy atom. The van der Waals surface area contributed by atoms with Crippen LogP contribution in [0.3, 0.4) is 0 Å². The van der Waals surface area contributed by atoms with Crippen molar-refractivity contribution in [3.05, 3.63) is 29.8 Å². The summed E-state index contributed by atoms with van der Waals surface area (Å²) in [5.74, 6) is 0.0107. The van der Waals surface area contributed by atoms with Gasteiger partial charge in [-0.25, -0.2) is 13.1 Å². The predicted octanol–water partition coefficient (Wildman–Crippen LogP) is 2.27. The molecule has 0 saturated heterocycles. The first kappa shape index (κ1) is 16.6. The molecule has 2 atom stereocenters. The highest BCUT2D eigenvalue weighted by Gasteiger charge is 2.25. The second-order valence-corrected chi connectivity index (χ2v) is 7.18. The first-order valence-electron chi connectivity index (χ1n) is 6.13. The van der Waals surface area contributed by atoms with Crippen molar-refractivity contribution in [2.75, 3.05) is 0 Å². The molecule has 4 nitrogen and oxygen atoms in total. The molecule has 0 aliphatic rings. The van der Waals surface area contributed by atoms with Gasteiger partial charge in [-0.1, -0.05) is 41.9 Å². The van der Waals surface area contributed by atoms with Gasteiger partial charge in [0.05, 0.1) is 11.0 Å². The molecule has 0 heterocycles. The van der Waals surface area contributed by atoms with E-state index >= 15 is 0 Å². The fourth-order valence-corrected chi connectivity index (χ4v) is 3.63. The zero-order valence-corrected chi connectivity index (χ0v) is 13.7. The van der Waals surface area contributed by atoms with Gasteiger partial charge >= 0.3 is 0 Å². The molecule has 0 aliphatic carbocycles. The zero-order valence-electron chi connectivity index (χ0n) is 11.3. The van der Waals surface area contributed by atoms with Gasteiger partial charge in [0.25, 0.3) is 0 Å². The molecule has 0 saturated carbocycles. The molecule has 0 bridgehead atoms. The van der Waals surface area contributed by atoms with Gasteiger partial charge in [0, 0.05) is 11.4 Å². The van der Waals surface area contributed by atoms with Crippen molar-refractivity contribution in [1.82, 2.24) is 4.72 Å². The molecule has 1 aromatic carbocycles. The van der Waals surface area contributed by atoms with Gasteiger partial charge < -0.3 is 5.11 Å². The van der Waals surface area contributed by atoms with Crippen molar-refractivity contribution in [1.29, 1.82) is 0 Å². The van der Waals surface area contributed by atoms with Crippen molar-refractivity contribution in [2.45, 2.75) is 43.1 Å². The fraction of sp³-hybridized carbons (Fsp3) is 0.538. The Morgan fingerprint density at radius 2 is 1.74 bits per heavy atom. The third kappa shape index (κ3) is 4.56. The summed E-state index contributed by atoms with van der Waals surface area (Å²) in [6.07, 6.45) is -0.739. The lowest BCUT2D eigenvalue weighted by Crippen LogP contribution is -2.45. The summed E-state index contributed by atoms with van der Waals surface area (Å²) in [6, 6.07) is 6.16. The summed E-state index contributed by atoms with van der Waals surface area (Å²) in [6.45, 7) is 5.32. The number of hydrogen-bond acceptors (Lipinski definition) is 3. The maximum Gasteiger partial charge on any atom is 0.240 e. The normalized spacial score (nSPS) is 15.5. The third-order valence-electron chi connectivity index (χ3n) is 2.92. The van der Waals surface area contributed by atoms with Gasteiger partial charge in [-0.05, 0) is 30.5 Å². The van der Waals surface area contributed by atoms with Crippen LogP contribution >= 0.6 is 15.9 Å². The van der Waals surface area contributed by atoms with E-state index in [0.29, 0.717) is 5.33 Å². The molecule has 108 valence electrons. The molecule has 19 heavy (non-hydrogen) atoms. The summed E-state index contributed by atoms with van der Waals surface area (Å²) < 4.78 is 27.0. The fourth-order valence-electron chi connectivity index (χ4n) is 1.80. The van der Waals surface area contributed by atoms with Crippen LogP contribution in [0, 0.1) is 5.92 Å². The first-order chi connectivity index (χ1) is 8.77. The average Bonchev–Trinajstić information content (AvgIpc) is 2.35. The minimum absolute atomic E-state index is 0.0107. The number of rotatable bonds is 6. The van der Waals surface area contributed by atoms with Crippen molar-refractivity contribution in [3.8, 4) is 0 Å². The van der Waals surface area contributed by atoms with Gasteiger partial charge in [0.1, 0.15) is 0 Å². The number of benzene rings is 1. The minimum atomic E-state index is -3.60. The van der Waals surface area contributed by atoms with Crippen LogP contribution in [0.25, 0.3) is 0 Å². The van der Waals surface area contributed by atoms with Crippen LogP contribution in [0.1, 0.15) is 26.3 Å². The average molecular weight is 350 g/mol. The molecule has 6 heteroatoms. The Labute approximate surface area is 123 Å². The lowest BCUT2D eigenvalue weighted by molar-refractivity contribution is 0.134. The highest BCUT2D eigenvalue weighted by Crippen LogP contribution is 2.15. The van der Waals surface area contributed by atoms with Crippen molar-refractivity contribution in [3.63, 3.8) is 0 Å². The van der Waals surface area contributed by atoms with Crippen LogP contribution in [0.2, 0.25) is 0 Å². The highest BCUT2D eigenvalue weighted by atomic mass is 79.9. The molecule has 1 aromatic rings. The van der Waals surface area contributed by atoms with E-state index in [1.807, 2.05) is 13.8 Å². The summed E-state index contributed by atoms with van der Waals surface area (Å²) >= 11 is 3.31. The van der Waals surface area contributed by atoms with E-state index in [9.17, 15) is 13.5 Å². The van der Waals surface area contributed by atoms with E-state index in [-0.39, 0.29) is 10.8 Å². The predicted molar refractivity (Wildman–Crippen MR) is 79.7 cm³/mol. The number of halogens is 1. The van der Waals surface area contributed by atoms with Gasteiger partial charge in [-0.3, -0.25) is 0 Å². The molecule has 0 spiro atoms. The lowest BCUT2D eigenvalue weighted by Gasteiger charge is -2.24. The number of sulfonamides is 1. The van der Waals surface area contributed by atoms with Crippen molar-refractivity contribution < 1.29 is 13.5 Å². The van der Waals surface area contributed by atoms with E-state index in [0.717, 1.165) is 5.56 Å². The lowest BCUT2D eigenvalue weighted by atomic mass is 10.0. The number of aliphatic hydroxyl groups excluding tert-OH is 1. The first-order valence-corrected chi connectivity index (χ1v) is 8.73. The summed E-state index contributed by atoms with van der Waals surface area (Å²) in [5, 5.41) is 10.3. The van der Waals surface area contributed by atoms with E-state index in [1.165, 1.54) is 0 Å². The van der Waals surface area contributed by atoms with E-state index in [4.69, 9.17) is 0 Å². The maximum atomic E-state index is 12.2. The second-order valence-electron chi connectivity index (χ2n) is 4.91. The Balaban J connectivity index is 2.96. The van der Waals surface area contributed by atoms with Crippen LogP contribution in [0.4, 0.5) is 0 Å². The minimum Gasteiger partial charge on any atom is -0.392 e. The molecule has 0 radical (unpaired) electrons. The van der Waals surface area contributed by atoms with Gasteiger partial charge in [0.2, 0.25) is 10.0 Å². The van der Waals surface area contributed by atoms with Gasteiger partial charge in [0.15, 0.2) is 0 Å². The molecule has 0 aliphatic heterocycles. The van der Waals surface area contributed by atoms with Gasteiger partial charge in [-0.15, -0.1) is 0 Å². The Morgan fingerprint density at radius 3 is 2.11 bits per heavy atom. The van der Waals surface area contributed by atoms with Crippen LogP contribution in [0.5, 0.6) is 0 Å². The van der Waals surface area contributed by atoms with Crippen molar-refractivity contribution >= 4 is 26.0 Å². The van der Waals surface area contributed by atoms with E-state index in [1.54, 1.807) is 31.2 Å². The number of nitrogens with one attached hydrogen (secondary N) is 1. The van der Waals surface area contributed by atoms with Crippen molar-refractivity contribution in [2.24, 2.45) is 5.92 Å². The smallest absolute Gasteiger partial charge is 0.240 e. The number of aliphatic hydroxyl groups is 1. The quantitative estimate of drug-likeness (QED) is 0.774. The Kier molecular flexibility index (Phi) is 5.98. The second kappa shape index (κ2) is 6.83. The number of alkyl halides is 1. The van der Waals surface area contributed by atoms with Crippen LogP contribution < -0.4 is 4.72 Å². The van der Waals surface area contributed by atoms with E-state index < -0.39 is 22.2 Å². The monoisotopic (exact) mass is 349 g/mol. The van der Waals surface area contributed by atoms with Crippen LogP contribution in [-0.4, -0.2) is 25.7 Å². The Hall–Kier alpha value is -0.430.